The average molecular weight is 535 g/mol. The number of nitrogens with two attached hydrogens (primary N) is 3. The molecule has 0 aromatic carbocycles. The van der Waals surface area contributed by atoms with Gasteiger partial charge in [-0.1, -0.05) is 0 Å². The van der Waals surface area contributed by atoms with Gasteiger partial charge < -0.3 is 71.9 Å². The molecule has 0 amide bonds. The van der Waals surface area contributed by atoms with E-state index in [2.05, 4.69) is 4.99 Å². The fraction of sp³-hybridized carbons (Fsp3) is 0.889. The van der Waals surface area contributed by atoms with E-state index < -0.39 is 86.6 Å². The number of rotatable bonds is 11. The number of hydrogen-bond donors (Lipinski definition) is 10. The molecule has 2 rings (SSSR count). The number of carbonyl (C=O) groups is 1. The Labute approximate surface area is 206 Å². The third kappa shape index (κ3) is 7.54. The molecule has 2 heterocycles. The van der Waals surface area contributed by atoms with Gasteiger partial charge in [-0.2, -0.15) is 0 Å². The van der Waals surface area contributed by atoms with Crippen molar-refractivity contribution < 1.29 is 59.5 Å². The zero-order valence-electron chi connectivity index (χ0n) is 18.7. The molecule has 0 aliphatic carbocycles. The Balaban J connectivity index is 0.00000612. The van der Waals surface area contributed by atoms with E-state index in [-0.39, 0.29) is 31.3 Å². The van der Waals surface area contributed by atoms with E-state index >= 15 is 0 Å². The molecular weight excluding hydrogens is 500 g/mol. The molecule has 2 fully saturated rings. The van der Waals surface area contributed by atoms with Crippen molar-refractivity contribution in [1.29, 1.82) is 0 Å². The van der Waals surface area contributed by atoms with Crippen LogP contribution >= 0.6 is 12.4 Å². The number of ether oxygens (including phenoxy) is 4. The highest BCUT2D eigenvalue weighted by Gasteiger charge is 2.58. The van der Waals surface area contributed by atoms with Crippen molar-refractivity contribution in [2.75, 3.05) is 26.4 Å². The normalized spacial score (nSPS) is 37.8. The number of esters is 1. The average Bonchev–Trinajstić information content (AvgIpc) is 3.05. The summed E-state index contributed by atoms with van der Waals surface area (Å²) in [6, 6.07) is -1.03. The summed E-state index contributed by atoms with van der Waals surface area (Å²) in [4.78, 5) is 15.9. The number of aliphatic imine (C=N–C) groups is 1. The zero-order valence-corrected chi connectivity index (χ0v) is 19.5. The molecule has 2 aliphatic rings. The van der Waals surface area contributed by atoms with Crippen LogP contribution in [0.3, 0.4) is 0 Å². The van der Waals surface area contributed by atoms with Gasteiger partial charge in [0.05, 0.1) is 6.61 Å². The molecule has 13 N–H and O–H groups in total. The van der Waals surface area contributed by atoms with Gasteiger partial charge in [-0.3, -0.25) is 9.79 Å². The minimum Gasteiger partial charge on any atom is -0.462 e. The Hall–Kier alpha value is -1.41. The molecule has 0 aromatic rings. The minimum absolute atomic E-state index is 0. The van der Waals surface area contributed by atoms with E-state index in [4.69, 9.17) is 36.1 Å². The van der Waals surface area contributed by atoms with Crippen molar-refractivity contribution in [2.24, 2.45) is 22.2 Å². The van der Waals surface area contributed by atoms with Crippen LogP contribution in [0.25, 0.3) is 0 Å². The van der Waals surface area contributed by atoms with Crippen molar-refractivity contribution in [3.8, 4) is 0 Å². The fourth-order valence-electron chi connectivity index (χ4n) is 3.53. The van der Waals surface area contributed by atoms with Crippen LogP contribution in [0.1, 0.15) is 12.8 Å². The molecule has 0 unspecified atom stereocenters. The summed E-state index contributed by atoms with van der Waals surface area (Å²) < 4.78 is 21.0. The fourth-order valence-corrected chi connectivity index (χ4v) is 3.53. The maximum atomic E-state index is 12.1. The molecule has 0 radical (unpaired) electrons. The van der Waals surface area contributed by atoms with E-state index in [0.29, 0.717) is 6.42 Å². The molecule has 0 spiro atoms. The highest BCUT2D eigenvalue weighted by molar-refractivity contribution is 5.85. The number of carbonyl (C=O) groups excluding carboxylic acids is 1. The largest absolute Gasteiger partial charge is 0.462 e. The Morgan fingerprint density at radius 3 is 2.23 bits per heavy atom. The Kier molecular flexibility index (Phi) is 12.4. The van der Waals surface area contributed by atoms with Crippen molar-refractivity contribution in [3.05, 3.63) is 0 Å². The summed E-state index contributed by atoms with van der Waals surface area (Å²) in [7, 11) is 0. The predicted octanol–water partition coefficient (Wildman–Crippen LogP) is -6.04. The molecule has 2 saturated heterocycles. The lowest BCUT2D eigenvalue weighted by Crippen LogP contribution is -2.63. The van der Waals surface area contributed by atoms with Gasteiger partial charge in [-0.25, -0.2) is 0 Å². The third-order valence-corrected chi connectivity index (χ3v) is 5.55. The number of guanidine groups is 1. The summed E-state index contributed by atoms with van der Waals surface area (Å²) in [5, 5.41) is 69.8. The quantitative estimate of drug-likeness (QED) is 0.0510. The molecule has 17 heteroatoms. The van der Waals surface area contributed by atoms with E-state index in [1.165, 1.54) is 0 Å². The van der Waals surface area contributed by atoms with Gasteiger partial charge in [0, 0.05) is 6.54 Å². The number of halogens is 1. The van der Waals surface area contributed by atoms with E-state index in [0.717, 1.165) is 0 Å². The third-order valence-electron chi connectivity index (χ3n) is 5.55. The summed E-state index contributed by atoms with van der Waals surface area (Å²) in [5.74, 6) is -3.26. The van der Waals surface area contributed by atoms with Gasteiger partial charge >= 0.3 is 5.97 Å². The van der Waals surface area contributed by atoms with E-state index in [1.807, 2.05) is 0 Å². The first-order chi connectivity index (χ1) is 16.0. The van der Waals surface area contributed by atoms with Gasteiger partial charge in [0.2, 0.25) is 5.79 Å². The Morgan fingerprint density at radius 1 is 1.03 bits per heavy atom. The number of aliphatic hydroxyl groups excluding tert-OH is 7. The molecule has 16 nitrogen and oxygen atoms in total. The highest BCUT2D eigenvalue weighted by Crippen LogP contribution is 2.36. The monoisotopic (exact) mass is 534 g/mol. The van der Waals surface area contributed by atoms with E-state index in [9.17, 15) is 40.5 Å². The van der Waals surface area contributed by atoms with Gasteiger partial charge in [-0.05, 0) is 12.8 Å². The van der Waals surface area contributed by atoms with Gasteiger partial charge in [0.15, 0.2) is 12.2 Å². The van der Waals surface area contributed by atoms with Crippen molar-refractivity contribution in [2.45, 2.75) is 73.7 Å². The van der Waals surface area contributed by atoms with Crippen LogP contribution in [0.4, 0.5) is 0 Å². The molecule has 206 valence electrons. The molecular formula is C18H35ClN4O12. The SMILES string of the molecule is Cl.NC(N)=NCCC[C@H](N)C(=O)OC[C@H]1O[C@H](O[C@]2(CO)O[C@H](CO)[C@@H](O)[C@@H]2O)[C@H](O)[C@@H](O)[C@@H]1O. The highest BCUT2D eigenvalue weighted by atomic mass is 35.5. The van der Waals surface area contributed by atoms with E-state index in [1.54, 1.807) is 0 Å². The maximum Gasteiger partial charge on any atom is 0.323 e. The lowest BCUT2D eigenvalue weighted by atomic mass is 9.99. The van der Waals surface area contributed by atoms with Crippen molar-refractivity contribution >= 4 is 24.3 Å². The molecule has 0 bridgehead atoms. The van der Waals surface area contributed by atoms with Crippen LogP contribution in [0.2, 0.25) is 0 Å². The molecule has 35 heavy (non-hydrogen) atoms. The van der Waals surface area contributed by atoms with Gasteiger partial charge in [-0.15, -0.1) is 12.4 Å². The smallest absolute Gasteiger partial charge is 0.323 e. The summed E-state index contributed by atoms with van der Waals surface area (Å²) in [6.07, 6.45) is -12.9. The maximum absolute atomic E-state index is 12.1. The van der Waals surface area contributed by atoms with Crippen LogP contribution in [0, 0.1) is 0 Å². The predicted molar refractivity (Wildman–Crippen MR) is 118 cm³/mol. The molecule has 10 atom stereocenters. The summed E-state index contributed by atoms with van der Waals surface area (Å²) >= 11 is 0. The standard InChI is InChI=1S/C18H34N4O12.ClH/c19-7(2-1-3-22-17(20)21)15(30)31-5-9-10(25)12(27)13(28)16(32-9)34-18(6-24)14(29)11(26)8(4-23)33-18;/h7-14,16,23-29H,1-6,19H2,(H4,20,21,22);1H/t7-,8+,9+,10+,11+,12-,13+,14-,16+,18-;/m0./s1. The first-order valence-corrected chi connectivity index (χ1v) is 10.6. The number of hydrogen-bond acceptors (Lipinski definition) is 14. The second-order valence-electron chi connectivity index (χ2n) is 8.06. The lowest BCUT2D eigenvalue weighted by Gasteiger charge is -2.43. The first kappa shape index (κ1) is 31.6. The number of aliphatic hydroxyl groups is 7. The minimum atomic E-state index is -2.32. The molecule has 0 saturated carbocycles. The van der Waals surface area contributed by atoms with Crippen LogP contribution in [-0.2, 0) is 23.7 Å². The van der Waals surface area contributed by atoms with Crippen LogP contribution in [-0.4, -0.2) is 135 Å². The summed E-state index contributed by atoms with van der Waals surface area (Å²) in [5.41, 5.74) is 16.1. The van der Waals surface area contributed by atoms with Crippen molar-refractivity contribution in [1.82, 2.24) is 0 Å². The Morgan fingerprint density at radius 2 is 1.69 bits per heavy atom. The first-order valence-electron chi connectivity index (χ1n) is 10.6. The second-order valence-corrected chi connectivity index (χ2v) is 8.06. The van der Waals surface area contributed by atoms with Gasteiger partial charge in [0.1, 0.15) is 62.0 Å². The second kappa shape index (κ2) is 13.8. The molecule has 2 aliphatic heterocycles. The number of nitrogens with zero attached hydrogens (tertiary/aromatic N) is 1. The molecule has 0 aromatic heterocycles. The summed E-state index contributed by atoms with van der Waals surface area (Å²) in [6.45, 7) is -2.09. The van der Waals surface area contributed by atoms with Gasteiger partial charge in [0.25, 0.3) is 0 Å². The zero-order chi connectivity index (χ0) is 25.6. The van der Waals surface area contributed by atoms with Crippen molar-refractivity contribution in [3.63, 3.8) is 0 Å². The van der Waals surface area contributed by atoms with Crippen LogP contribution in [0.15, 0.2) is 4.99 Å². The van der Waals surface area contributed by atoms with Crippen LogP contribution in [0.5, 0.6) is 0 Å². The Bertz CT molecular complexity index is 704. The van der Waals surface area contributed by atoms with Crippen LogP contribution < -0.4 is 17.2 Å². The lowest BCUT2D eigenvalue weighted by molar-refractivity contribution is -0.383. The topological polar surface area (TPSA) is 286 Å².